The summed E-state index contributed by atoms with van der Waals surface area (Å²) in [7, 11) is 0. The van der Waals surface area contributed by atoms with Gasteiger partial charge >= 0.3 is 6.03 Å². The molecule has 1 saturated heterocycles. The summed E-state index contributed by atoms with van der Waals surface area (Å²) in [5.74, 6) is 0.840. The van der Waals surface area contributed by atoms with E-state index in [1.165, 1.54) is 5.56 Å². The maximum Gasteiger partial charge on any atom is 0.321 e. The van der Waals surface area contributed by atoms with E-state index >= 15 is 0 Å². The minimum absolute atomic E-state index is 0.0796. The third kappa shape index (κ3) is 6.20. The molecule has 6 nitrogen and oxygen atoms in total. The van der Waals surface area contributed by atoms with Gasteiger partial charge in [-0.1, -0.05) is 35.9 Å². The summed E-state index contributed by atoms with van der Waals surface area (Å²) in [6, 6.07) is 19.4. The van der Waals surface area contributed by atoms with Gasteiger partial charge in [-0.15, -0.1) is 0 Å². The Morgan fingerprint density at radius 3 is 2.58 bits per heavy atom. The molecule has 0 unspecified atom stereocenters. The lowest BCUT2D eigenvalue weighted by atomic mass is 10.2. The summed E-state index contributed by atoms with van der Waals surface area (Å²) in [4.78, 5) is 20.6. The molecular formula is C24H25ClN4O2. The Hall–Kier alpha value is -3.09. The van der Waals surface area contributed by atoms with Gasteiger partial charge in [0.2, 0.25) is 0 Å². The number of anilines is 1. The highest BCUT2D eigenvalue weighted by Gasteiger charge is 2.21. The van der Waals surface area contributed by atoms with Crippen molar-refractivity contribution in [1.29, 1.82) is 0 Å². The van der Waals surface area contributed by atoms with Crippen molar-refractivity contribution < 1.29 is 9.53 Å². The van der Waals surface area contributed by atoms with Gasteiger partial charge < -0.3 is 15.0 Å². The van der Waals surface area contributed by atoms with E-state index in [-0.39, 0.29) is 6.03 Å². The van der Waals surface area contributed by atoms with Crippen molar-refractivity contribution in [3.8, 4) is 5.75 Å². The van der Waals surface area contributed by atoms with Crippen molar-refractivity contribution in [2.45, 2.75) is 13.2 Å². The number of pyridine rings is 1. The topological polar surface area (TPSA) is 57.7 Å². The third-order valence-electron chi connectivity index (χ3n) is 5.17. The maximum absolute atomic E-state index is 12.4. The van der Waals surface area contributed by atoms with Gasteiger partial charge in [0.05, 0.1) is 11.9 Å². The second-order valence-electron chi connectivity index (χ2n) is 7.50. The Morgan fingerprint density at radius 2 is 1.81 bits per heavy atom. The number of piperazine rings is 1. The van der Waals surface area contributed by atoms with E-state index in [0.717, 1.165) is 30.9 Å². The maximum atomic E-state index is 12.4. The van der Waals surface area contributed by atoms with Crippen LogP contribution in [-0.2, 0) is 13.2 Å². The highest BCUT2D eigenvalue weighted by atomic mass is 35.5. The lowest BCUT2D eigenvalue weighted by Crippen LogP contribution is -2.49. The average molecular weight is 437 g/mol. The molecule has 160 valence electrons. The van der Waals surface area contributed by atoms with Gasteiger partial charge in [-0.05, 0) is 47.5 Å². The molecule has 7 heteroatoms. The molecule has 1 N–H and O–H groups in total. The fourth-order valence-electron chi connectivity index (χ4n) is 3.53. The van der Waals surface area contributed by atoms with Crippen LogP contribution in [0.4, 0.5) is 10.5 Å². The number of ether oxygens (including phenoxy) is 1. The third-order valence-corrected chi connectivity index (χ3v) is 5.41. The molecule has 0 radical (unpaired) electrons. The fraction of sp³-hybridized carbons (Fsp3) is 0.250. The van der Waals surface area contributed by atoms with Crippen LogP contribution in [0, 0.1) is 0 Å². The van der Waals surface area contributed by atoms with Crippen LogP contribution < -0.4 is 10.1 Å². The van der Waals surface area contributed by atoms with E-state index in [1.807, 2.05) is 47.4 Å². The first-order valence-electron chi connectivity index (χ1n) is 10.3. The number of hydrogen-bond acceptors (Lipinski definition) is 4. The Balaban J connectivity index is 1.25. The normalized spacial score (nSPS) is 14.3. The number of urea groups is 1. The molecular weight excluding hydrogens is 412 g/mol. The first kappa shape index (κ1) is 21.2. The quantitative estimate of drug-likeness (QED) is 0.610. The number of rotatable bonds is 6. The molecule has 2 aromatic carbocycles. The van der Waals surface area contributed by atoms with Gasteiger partial charge in [-0.25, -0.2) is 4.79 Å². The molecule has 0 aliphatic carbocycles. The minimum atomic E-state index is -0.0796. The number of amides is 2. The first-order valence-corrected chi connectivity index (χ1v) is 10.7. The first-order chi connectivity index (χ1) is 15.2. The number of hydrogen-bond donors (Lipinski definition) is 1. The largest absolute Gasteiger partial charge is 0.489 e. The number of benzene rings is 2. The van der Waals surface area contributed by atoms with Crippen LogP contribution in [0.3, 0.4) is 0 Å². The summed E-state index contributed by atoms with van der Waals surface area (Å²) < 4.78 is 5.94. The SMILES string of the molecule is O=C(Nc1cccnc1)N1CCN(Cc2cccc(OCc3cccc(Cl)c3)c2)CC1. The van der Waals surface area contributed by atoms with Crippen molar-refractivity contribution in [3.05, 3.63) is 89.2 Å². The van der Waals surface area contributed by atoms with E-state index in [0.29, 0.717) is 30.4 Å². The Morgan fingerprint density at radius 1 is 1.00 bits per heavy atom. The molecule has 4 rings (SSSR count). The Kier molecular flexibility index (Phi) is 7.02. The van der Waals surface area contributed by atoms with E-state index in [4.69, 9.17) is 16.3 Å². The molecule has 1 fully saturated rings. The number of carbonyl (C=O) groups is 1. The van der Waals surface area contributed by atoms with E-state index < -0.39 is 0 Å². The molecule has 0 saturated carbocycles. The lowest BCUT2D eigenvalue weighted by molar-refractivity contribution is 0.143. The van der Waals surface area contributed by atoms with Crippen molar-refractivity contribution in [2.24, 2.45) is 0 Å². The highest BCUT2D eigenvalue weighted by Crippen LogP contribution is 2.19. The number of halogens is 1. The van der Waals surface area contributed by atoms with Crippen molar-refractivity contribution >= 4 is 23.3 Å². The van der Waals surface area contributed by atoms with Crippen molar-refractivity contribution in [3.63, 3.8) is 0 Å². The second kappa shape index (κ2) is 10.3. The summed E-state index contributed by atoms with van der Waals surface area (Å²) in [5.41, 5.74) is 2.94. The van der Waals surface area contributed by atoms with Crippen LogP contribution in [-0.4, -0.2) is 47.0 Å². The Labute approximate surface area is 187 Å². The van der Waals surface area contributed by atoms with Crippen molar-refractivity contribution in [1.82, 2.24) is 14.8 Å². The number of nitrogens with one attached hydrogen (secondary N) is 1. The predicted octanol–water partition coefficient (Wildman–Crippen LogP) is 4.66. The smallest absolute Gasteiger partial charge is 0.321 e. The molecule has 0 spiro atoms. The lowest BCUT2D eigenvalue weighted by Gasteiger charge is -2.34. The van der Waals surface area contributed by atoms with Crippen LogP contribution in [0.2, 0.25) is 5.02 Å². The van der Waals surface area contributed by atoms with Crippen LogP contribution in [0.5, 0.6) is 5.75 Å². The summed E-state index contributed by atoms with van der Waals surface area (Å²) >= 11 is 6.04. The van der Waals surface area contributed by atoms with Gasteiger partial charge in [0.15, 0.2) is 0 Å². The fourth-order valence-corrected chi connectivity index (χ4v) is 3.75. The number of carbonyl (C=O) groups excluding carboxylic acids is 1. The van der Waals surface area contributed by atoms with Gasteiger partial charge in [-0.3, -0.25) is 9.88 Å². The molecule has 1 aliphatic heterocycles. The van der Waals surface area contributed by atoms with Crippen molar-refractivity contribution in [2.75, 3.05) is 31.5 Å². The summed E-state index contributed by atoms with van der Waals surface area (Å²) in [6.45, 7) is 4.34. The minimum Gasteiger partial charge on any atom is -0.489 e. The molecule has 2 heterocycles. The van der Waals surface area contributed by atoms with Gasteiger partial charge in [0.1, 0.15) is 12.4 Å². The van der Waals surface area contributed by atoms with Crippen LogP contribution >= 0.6 is 11.6 Å². The molecule has 2 amide bonds. The molecule has 0 atom stereocenters. The van der Waals surface area contributed by atoms with Gasteiger partial charge in [0, 0.05) is 43.9 Å². The molecule has 1 aromatic heterocycles. The molecule has 31 heavy (non-hydrogen) atoms. The van der Waals surface area contributed by atoms with Crippen LogP contribution in [0.25, 0.3) is 0 Å². The molecule has 1 aliphatic rings. The Bertz CT molecular complexity index is 1010. The van der Waals surface area contributed by atoms with Crippen LogP contribution in [0.1, 0.15) is 11.1 Å². The zero-order chi connectivity index (χ0) is 21.5. The average Bonchev–Trinajstić information content (AvgIpc) is 2.79. The zero-order valence-corrected chi connectivity index (χ0v) is 18.0. The van der Waals surface area contributed by atoms with Crippen LogP contribution in [0.15, 0.2) is 73.1 Å². The zero-order valence-electron chi connectivity index (χ0n) is 17.2. The number of nitrogens with zero attached hydrogens (tertiary/aromatic N) is 3. The standard InChI is InChI=1S/C24H25ClN4O2/c25-21-6-1-5-20(14-21)18-31-23-8-2-4-19(15-23)17-28-10-12-29(13-11-28)24(30)27-22-7-3-9-26-16-22/h1-9,14-16H,10-13,17-18H2,(H,27,30). The number of aromatic nitrogens is 1. The highest BCUT2D eigenvalue weighted by molar-refractivity contribution is 6.30. The summed E-state index contributed by atoms with van der Waals surface area (Å²) in [5, 5.41) is 3.61. The van der Waals surface area contributed by atoms with Gasteiger partial charge in [0.25, 0.3) is 0 Å². The van der Waals surface area contributed by atoms with E-state index in [1.54, 1.807) is 18.5 Å². The van der Waals surface area contributed by atoms with E-state index in [2.05, 4.69) is 27.3 Å². The van der Waals surface area contributed by atoms with E-state index in [9.17, 15) is 4.79 Å². The second-order valence-corrected chi connectivity index (χ2v) is 7.94. The molecule has 0 bridgehead atoms. The monoisotopic (exact) mass is 436 g/mol. The van der Waals surface area contributed by atoms with Gasteiger partial charge in [-0.2, -0.15) is 0 Å². The molecule has 3 aromatic rings. The predicted molar refractivity (Wildman–Crippen MR) is 122 cm³/mol. The summed E-state index contributed by atoms with van der Waals surface area (Å²) in [6.07, 6.45) is 3.33.